The van der Waals surface area contributed by atoms with E-state index in [1.165, 1.54) is 34.6 Å². The van der Waals surface area contributed by atoms with Gasteiger partial charge in [-0.1, -0.05) is 35.3 Å². The summed E-state index contributed by atoms with van der Waals surface area (Å²) in [6, 6.07) is 10.1. The van der Waals surface area contributed by atoms with Crippen molar-refractivity contribution in [3.63, 3.8) is 0 Å². The lowest BCUT2D eigenvalue weighted by atomic mass is 10.1. The average Bonchev–Trinajstić information content (AvgIpc) is 2.58. The fourth-order valence-corrected chi connectivity index (χ4v) is 4.70. The Morgan fingerprint density at radius 3 is 2.54 bits per heavy atom. The molecule has 0 radical (unpaired) electrons. The predicted octanol–water partition coefficient (Wildman–Crippen LogP) is 3.89. The van der Waals surface area contributed by atoms with Gasteiger partial charge in [0.2, 0.25) is 10.0 Å². The zero-order valence-electron chi connectivity index (χ0n) is 12.5. The van der Waals surface area contributed by atoms with E-state index < -0.39 is 16.1 Å². The van der Waals surface area contributed by atoms with Crippen LogP contribution in [-0.4, -0.2) is 32.4 Å². The summed E-state index contributed by atoms with van der Waals surface area (Å²) in [7, 11) is -3.80. The van der Waals surface area contributed by atoms with Crippen LogP contribution in [0.4, 0.5) is 4.39 Å². The van der Waals surface area contributed by atoms with Crippen LogP contribution in [0.3, 0.4) is 0 Å². The fourth-order valence-electron chi connectivity index (χ4n) is 2.54. The molecule has 128 valence electrons. The SMILES string of the molecule is O=S(=O)(c1cc(Cl)ccc1Cl)N1CCOC(c2ccc(F)cc2)C1. The van der Waals surface area contributed by atoms with Gasteiger partial charge in [-0.05, 0) is 35.9 Å². The molecule has 3 rings (SSSR count). The van der Waals surface area contributed by atoms with E-state index in [2.05, 4.69) is 0 Å². The van der Waals surface area contributed by atoms with Gasteiger partial charge in [0.1, 0.15) is 10.7 Å². The van der Waals surface area contributed by atoms with Crippen LogP contribution in [0.5, 0.6) is 0 Å². The topological polar surface area (TPSA) is 46.6 Å². The average molecular weight is 390 g/mol. The lowest BCUT2D eigenvalue weighted by Crippen LogP contribution is -2.42. The molecule has 1 atom stereocenters. The second-order valence-corrected chi connectivity index (χ2v) is 8.10. The van der Waals surface area contributed by atoms with Crippen molar-refractivity contribution in [2.24, 2.45) is 0 Å². The molecule has 0 bridgehead atoms. The van der Waals surface area contributed by atoms with Gasteiger partial charge in [-0.15, -0.1) is 0 Å². The van der Waals surface area contributed by atoms with Crippen molar-refractivity contribution in [1.29, 1.82) is 0 Å². The Hall–Kier alpha value is -1.18. The third kappa shape index (κ3) is 3.58. The van der Waals surface area contributed by atoms with Crippen LogP contribution in [0.15, 0.2) is 47.4 Å². The van der Waals surface area contributed by atoms with E-state index in [4.69, 9.17) is 27.9 Å². The second kappa shape index (κ2) is 6.98. The summed E-state index contributed by atoms with van der Waals surface area (Å²) in [4.78, 5) is -0.0311. The molecule has 0 saturated carbocycles. The van der Waals surface area contributed by atoms with Crippen molar-refractivity contribution >= 4 is 33.2 Å². The molecule has 0 N–H and O–H groups in total. The van der Waals surface area contributed by atoms with Gasteiger partial charge in [-0.25, -0.2) is 12.8 Å². The maximum atomic E-state index is 13.0. The van der Waals surface area contributed by atoms with Gasteiger partial charge in [0.15, 0.2) is 0 Å². The molecule has 1 saturated heterocycles. The summed E-state index contributed by atoms with van der Waals surface area (Å²) >= 11 is 11.9. The third-order valence-electron chi connectivity index (χ3n) is 3.78. The largest absolute Gasteiger partial charge is 0.371 e. The van der Waals surface area contributed by atoms with Crippen LogP contribution in [-0.2, 0) is 14.8 Å². The van der Waals surface area contributed by atoms with Gasteiger partial charge in [-0.2, -0.15) is 4.31 Å². The molecular weight excluding hydrogens is 376 g/mol. The smallest absolute Gasteiger partial charge is 0.244 e. The maximum absolute atomic E-state index is 13.0. The number of halogens is 3. The summed E-state index contributed by atoms with van der Waals surface area (Å²) in [6.07, 6.45) is -0.466. The molecule has 0 amide bonds. The number of hydrogen-bond acceptors (Lipinski definition) is 3. The zero-order chi connectivity index (χ0) is 17.3. The van der Waals surface area contributed by atoms with Crippen LogP contribution < -0.4 is 0 Å². The lowest BCUT2D eigenvalue weighted by Gasteiger charge is -2.32. The van der Waals surface area contributed by atoms with Crippen LogP contribution in [0, 0.1) is 5.82 Å². The molecule has 0 aliphatic carbocycles. The first kappa shape index (κ1) is 17.6. The summed E-state index contributed by atoms with van der Waals surface area (Å²) in [5.41, 5.74) is 0.716. The Morgan fingerprint density at radius 2 is 1.83 bits per heavy atom. The standard InChI is InChI=1S/C16H14Cl2FNO3S/c17-12-3-6-14(18)16(9-12)24(21,22)20-7-8-23-15(10-20)11-1-4-13(19)5-2-11/h1-6,9,15H,7-8,10H2. The molecule has 24 heavy (non-hydrogen) atoms. The molecule has 1 aliphatic rings. The number of sulfonamides is 1. The van der Waals surface area contributed by atoms with E-state index in [0.29, 0.717) is 10.6 Å². The minimum atomic E-state index is -3.80. The number of rotatable bonds is 3. The van der Waals surface area contributed by atoms with Gasteiger partial charge >= 0.3 is 0 Å². The number of ether oxygens (including phenoxy) is 1. The Bertz CT molecular complexity index is 843. The van der Waals surface area contributed by atoms with E-state index in [-0.39, 0.29) is 35.4 Å². The van der Waals surface area contributed by atoms with Crippen LogP contribution >= 0.6 is 23.2 Å². The molecule has 4 nitrogen and oxygen atoms in total. The minimum absolute atomic E-state index is 0.0311. The summed E-state index contributed by atoms with van der Waals surface area (Å²) in [5.74, 6) is -0.357. The highest BCUT2D eigenvalue weighted by atomic mass is 35.5. The Morgan fingerprint density at radius 1 is 1.12 bits per heavy atom. The van der Waals surface area contributed by atoms with E-state index in [1.54, 1.807) is 12.1 Å². The van der Waals surface area contributed by atoms with E-state index in [1.807, 2.05) is 0 Å². The van der Waals surface area contributed by atoms with Gasteiger partial charge in [-0.3, -0.25) is 0 Å². The van der Waals surface area contributed by atoms with E-state index >= 15 is 0 Å². The first-order valence-corrected chi connectivity index (χ1v) is 9.40. The number of benzene rings is 2. The summed E-state index contributed by atoms with van der Waals surface area (Å²) in [5, 5.41) is 0.408. The van der Waals surface area contributed by atoms with Crippen LogP contribution in [0.25, 0.3) is 0 Å². The van der Waals surface area contributed by atoms with Gasteiger partial charge in [0.05, 0.1) is 17.7 Å². The molecule has 0 aromatic heterocycles. The highest BCUT2D eigenvalue weighted by Crippen LogP contribution is 2.31. The molecule has 1 unspecified atom stereocenters. The Labute approximate surface area is 149 Å². The highest BCUT2D eigenvalue weighted by Gasteiger charge is 2.33. The van der Waals surface area contributed by atoms with Crippen LogP contribution in [0.1, 0.15) is 11.7 Å². The van der Waals surface area contributed by atoms with Crippen molar-refractivity contribution in [2.75, 3.05) is 19.7 Å². The van der Waals surface area contributed by atoms with Crippen molar-refractivity contribution in [3.05, 3.63) is 63.9 Å². The van der Waals surface area contributed by atoms with Gasteiger partial charge in [0, 0.05) is 18.1 Å². The highest BCUT2D eigenvalue weighted by molar-refractivity contribution is 7.89. The molecular formula is C16H14Cl2FNO3S. The van der Waals surface area contributed by atoms with Gasteiger partial charge < -0.3 is 4.74 Å². The Balaban J connectivity index is 1.88. The second-order valence-electron chi connectivity index (χ2n) is 5.35. The van der Waals surface area contributed by atoms with Crippen molar-refractivity contribution in [2.45, 2.75) is 11.0 Å². The van der Waals surface area contributed by atoms with Crippen LogP contribution in [0.2, 0.25) is 10.0 Å². The molecule has 1 aliphatic heterocycles. The quantitative estimate of drug-likeness (QED) is 0.799. The predicted molar refractivity (Wildman–Crippen MR) is 90.3 cm³/mol. The van der Waals surface area contributed by atoms with E-state index in [0.717, 1.165) is 0 Å². The number of hydrogen-bond donors (Lipinski definition) is 0. The first-order chi connectivity index (χ1) is 11.4. The number of morpholine rings is 1. The van der Waals surface area contributed by atoms with Gasteiger partial charge in [0.25, 0.3) is 0 Å². The summed E-state index contributed by atoms with van der Waals surface area (Å²) in [6.45, 7) is 0.569. The summed E-state index contributed by atoms with van der Waals surface area (Å²) < 4.78 is 45.7. The van der Waals surface area contributed by atoms with Crippen molar-refractivity contribution in [3.8, 4) is 0 Å². The normalized spacial score (nSPS) is 19.4. The molecule has 8 heteroatoms. The fraction of sp³-hybridized carbons (Fsp3) is 0.250. The molecule has 0 spiro atoms. The number of nitrogens with zero attached hydrogens (tertiary/aromatic N) is 1. The van der Waals surface area contributed by atoms with E-state index in [9.17, 15) is 12.8 Å². The Kier molecular flexibility index (Phi) is 5.13. The minimum Gasteiger partial charge on any atom is -0.371 e. The molecule has 2 aromatic carbocycles. The maximum Gasteiger partial charge on any atom is 0.244 e. The van der Waals surface area contributed by atoms with Crippen molar-refractivity contribution < 1.29 is 17.5 Å². The molecule has 2 aromatic rings. The lowest BCUT2D eigenvalue weighted by molar-refractivity contribution is -0.00258. The van der Waals surface area contributed by atoms with Crippen molar-refractivity contribution in [1.82, 2.24) is 4.31 Å². The molecule has 1 heterocycles. The zero-order valence-corrected chi connectivity index (χ0v) is 14.8. The monoisotopic (exact) mass is 389 g/mol. The molecule has 1 fully saturated rings. The third-order valence-corrected chi connectivity index (χ3v) is 6.36. The first-order valence-electron chi connectivity index (χ1n) is 7.20.